The number of nitrogens with zero attached hydrogens (tertiary/aromatic N) is 3. The number of likely N-dealkylation sites (tertiary alicyclic amines) is 1. The van der Waals surface area contributed by atoms with Crippen molar-refractivity contribution in [2.75, 3.05) is 19.6 Å². The second-order valence-corrected chi connectivity index (χ2v) is 6.62. The van der Waals surface area contributed by atoms with Crippen molar-refractivity contribution in [3.63, 3.8) is 0 Å². The third-order valence-electron chi connectivity index (χ3n) is 5.02. The van der Waals surface area contributed by atoms with Gasteiger partial charge in [0, 0.05) is 33.1 Å². The first-order valence-corrected chi connectivity index (χ1v) is 8.39. The molecule has 4 rings (SSSR count). The first kappa shape index (κ1) is 15.2. The number of rotatable bonds is 2. The van der Waals surface area contributed by atoms with Crippen LogP contribution in [0.4, 0.5) is 4.79 Å². The minimum atomic E-state index is -0.244. The predicted octanol–water partition coefficient (Wildman–Crippen LogP) is 1.80. The minimum Gasteiger partial charge on any atom is -0.445 e. The molecular formula is C18H22N4O2. The Bertz CT molecular complexity index is 743. The maximum absolute atomic E-state index is 12.4. The van der Waals surface area contributed by atoms with Crippen LogP contribution in [0, 0.1) is 0 Å². The van der Waals surface area contributed by atoms with Crippen molar-refractivity contribution in [2.45, 2.75) is 25.0 Å². The molecule has 1 aromatic carbocycles. The van der Waals surface area contributed by atoms with Gasteiger partial charge < -0.3 is 19.5 Å². The third-order valence-corrected chi connectivity index (χ3v) is 5.02. The Balaban J connectivity index is 1.45. The zero-order valence-corrected chi connectivity index (χ0v) is 13.9. The molecule has 1 amide bonds. The van der Waals surface area contributed by atoms with E-state index < -0.39 is 0 Å². The molecule has 2 aromatic rings. The predicted molar refractivity (Wildman–Crippen MR) is 89.4 cm³/mol. The third kappa shape index (κ3) is 2.57. The summed E-state index contributed by atoms with van der Waals surface area (Å²) in [6, 6.07) is 9.77. The summed E-state index contributed by atoms with van der Waals surface area (Å²) in [5.41, 5.74) is 3.18. The molecule has 2 aliphatic heterocycles. The van der Waals surface area contributed by atoms with E-state index in [1.807, 2.05) is 43.7 Å². The lowest BCUT2D eigenvalue weighted by atomic mass is 9.88. The lowest BCUT2D eigenvalue weighted by molar-refractivity contribution is 0.101. The van der Waals surface area contributed by atoms with Gasteiger partial charge in [0.1, 0.15) is 6.61 Å². The molecule has 1 aromatic heterocycles. The maximum Gasteiger partial charge on any atom is 0.410 e. The number of hydrogen-bond acceptors (Lipinski definition) is 4. The van der Waals surface area contributed by atoms with Crippen LogP contribution in [0.3, 0.4) is 0 Å². The van der Waals surface area contributed by atoms with E-state index in [0.717, 1.165) is 30.6 Å². The topological polar surface area (TPSA) is 59.4 Å². The van der Waals surface area contributed by atoms with Gasteiger partial charge in [-0.15, -0.1) is 0 Å². The molecule has 0 radical (unpaired) electrons. The molecule has 0 bridgehead atoms. The number of hydrogen-bond donors (Lipinski definition) is 1. The number of benzene rings is 1. The molecule has 0 aliphatic carbocycles. The van der Waals surface area contributed by atoms with Crippen molar-refractivity contribution in [1.29, 1.82) is 0 Å². The van der Waals surface area contributed by atoms with Crippen molar-refractivity contribution < 1.29 is 9.53 Å². The van der Waals surface area contributed by atoms with Gasteiger partial charge in [-0.2, -0.15) is 0 Å². The summed E-state index contributed by atoms with van der Waals surface area (Å²) < 4.78 is 7.57. The molecule has 2 aliphatic rings. The Hall–Kier alpha value is -2.34. The number of imidazole rings is 1. The van der Waals surface area contributed by atoms with Gasteiger partial charge >= 0.3 is 6.09 Å². The Morgan fingerprint density at radius 3 is 3.04 bits per heavy atom. The summed E-state index contributed by atoms with van der Waals surface area (Å²) in [7, 11) is 2.02. The molecule has 3 heterocycles. The van der Waals surface area contributed by atoms with Crippen LogP contribution in [-0.2, 0) is 30.4 Å². The number of carbonyl (C=O) groups is 1. The highest BCUT2D eigenvalue weighted by atomic mass is 16.6. The van der Waals surface area contributed by atoms with Crippen molar-refractivity contribution in [3.05, 3.63) is 53.6 Å². The summed E-state index contributed by atoms with van der Waals surface area (Å²) in [4.78, 5) is 18.7. The summed E-state index contributed by atoms with van der Waals surface area (Å²) in [6.07, 6.45) is 3.46. The smallest absolute Gasteiger partial charge is 0.410 e. The number of carbonyl (C=O) groups excluding carboxylic acids is 1. The normalized spacial score (nSPS) is 22.6. The Labute approximate surface area is 141 Å². The number of fused-ring (bicyclic) bond motifs is 2. The summed E-state index contributed by atoms with van der Waals surface area (Å²) >= 11 is 0. The lowest BCUT2D eigenvalue weighted by Gasteiger charge is -2.35. The molecule has 1 atom stereocenters. The average molecular weight is 326 g/mol. The second kappa shape index (κ2) is 5.94. The van der Waals surface area contributed by atoms with Gasteiger partial charge in [0.05, 0.1) is 23.3 Å². The zero-order chi connectivity index (χ0) is 16.6. The molecule has 24 heavy (non-hydrogen) atoms. The molecule has 126 valence electrons. The van der Waals surface area contributed by atoms with E-state index in [1.165, 1.54) is 5.69 Å². The van der Waals surface area contributed by atoms with Gasteiger partial charge in [-0.05, 0) is 12.0 Å². The number of aromatic nitrogens is 2. The molecular weight excluding hydrogens is 304 g/mol. The van der Waals surface area contributed by atoms with E-state index in [2.05, 4.69) is 14.9 Å². The molecule has 1 saturated heterocycles. The summed E-state index contributed by atoms with van der Waals surface area (Å²) in [5, 5.41) is 3.63. The van der Waals surface area contributed by atoms with E-state index >= 15 is 0 Å². The molecule has 1 unspecified atom stereocenters. The number of amides is 1. The minimum absolute atomic E-state index is 0.190. The lowest BCUT2D eigenvalue weighted by Crippen LogP contribution is -2.50. The molecule has 1 fully saturated rings. The summed E-state index contributed by atoms with van der Waals surface area (Å²) in [5.74, 6) is 0. The van der Waals surface area contributed by atoms with Crippen molar-refractivity contribution in [1.82, 2.24) is 19.8 Å². The van der Waals surface area contributed by atoms with Crippen LogP contribution >= 0.6 is 0 Å². The quantitative estimate of drug-likeness (QED) is 0.914. The van der Waals surface area contributed by atoms with Gasteiger partial charge in [-0.1, -0.05) is 30.3 Å². The molecule has 0 saturated carbocycles. The van der Waals surface area contributed by atoms with E-state index in [1.54, 1.807) is 4.90 Å². The molecule has 6 nitrogen and oxygen atoms in total. The molecule has 6 heteroatoms. The fraction of sp³-hybridized carbons (Fsp3) is 0.444. The monoisotopic (exact) mass is 326 g/mol. The van der Waals surface area contributed by atoms with Gasteiger partial charge in [-0.3, -0.25) is 0 Å². The van der Waals surface area contributed by atoms with Gasteiger partial charge in [-0.25, -0.2) is 9.78 Å². The molecule has 1 spiro atoms. The van der Waals surface area contributed by atoms with Crippen LogP contribution in [0.15, 0.2) is 36.7 Å². The van der Waals surface area contributed by atoms with Crippen molar-refractivity contribution in [3.8, 4) is 0 Å². The van der Waals surface area contributed by atoms with Gasteiger partial charge in [0.2, 0.25) is 0 Å². The maximum atomic E-state index is 12.4. The van der Waals surface area contributed by atoms with Crippen LogP contribution in [0.25, 0.3) is 0 Å². The second-order valence-electron chi connectivity index (χ2n) is 6.62. The highest BCUT2D eigenvalue weighted by molar-refractivity contribution is 5.68. The first-order valence-electron chi connectivity index (χ1n) is 8.39. The molecule has 1 N–H and O–H groups in total. The highest BCUT2D eigenvalue weighted by Gasteiger charge is 2.46. The highest BCUT2D eigenvalue weighted by Crippen LogP contribution is 2.36. The number of aryl methyl sites for hydroxylation is 1. The first-order chi connectivity index (χ1) is 11.7. The van der Waals surface area contributed by atoms with E-state index in [4.69, 9.17) is 4.74 Å². The van der Waals surface area contributed by atoms with Gasteiger partial charge in [0.25, 0.3) is 0 Å². The average Bonchev–Trinajstić information content (AvgIpc) is 3.19. The summed E-state index contributed by atoms with van der Waals surface area (Å²) in [6.45, 7) is 2.54. The standard InChI is InChI=1S/C18H22N4O2/c1-21-13-19-15-7-9-20-18(16(15)21)8-10-22(12-18)17(23)24-11-14-5-3-2-4-6-14/h2-6,13,20H,7-12H2,1H3. The van der Waals surface area contributed by atoms with Crippen molar-refractivity contribution >= 4 is 6.09 Å². The fourth-order valence-corrected chi connectivity index (χ4v) is 3.89. The SMILES string of the molecule is Cn1cnc2c1C1(CCN(C(=O)OCc3ccccc3)C1)NCC2. The Morgan fingerprint density at radius 2 is 2.21 bits per heavy atom. The van der Waals surface area contributed by atoms with E-state index in [-0.39, 0.29) is 11.6 Å². The zero-order valence-electron chi connectivity index (χ0n) is 13.9. The van der Waals surface area contributed by atoms with Crippen molar-refractivity contribution in [2.24, 2.45) is 7.05 Å². The largest absolute Gasteiger partial charge is 0.445 e. The van der Waals surface area contributed by atoms with Crippen LogP contribution in [0.5, 0.6) is 0 Å². The van der Waals surface area contributed by atoms with Crippen LogP contribution in [-0.4, -0.2) is 40.2 Å². The number of ether oxygens (including phenoxy) is 1. The Kier molecular flexibility index (Phi) is 3.76. The number of nitrogens with one attached hydrogen (secondary N) is 1. The van der Waals surface area contributed by atoms with Crippen LogP contribution < -0.4 is 5.32 Å². The van der Waals surface area contributed by atoms with E-state index in [9.17, 15) is 4.79 Å². The van der Waals surface area contributed by atoms with Crippen LogP contribution in [0.1, 0.15) is 23.4 Å². The van der Waals surface area contributed by atoms with Crippen LogP contribution in [0.2, 0.25) is 0 Å². The fourth-order valence-electron chi connectivity index (χ4n) is 3.89. The Morgan fingerprint density at radius 1 is 1.38 bits per heavy atom. The van der Waals surface area contributed by atoms with Gasteiger partial charge in [0.15, 0.2) is 0 Å². The van der Waals surface area contributed by atoms with E-state index in [0.29, 0.717) is 19.7 Å².